The minimum absolute atomic E-state index is 0.400. The van der Waals surface area contributed by atoms with Gasteiger partial charge in [-0.2, -0.15) is 0 Å². The van der Waals surface area contributed by atoms with Crippen molar-refractivity contribution in [2.45, 2.75) is 46.1 Å². The van der Waals surface area contributed by atoms with E-state index in [2.05, 4.69) is 39.3 Å². The Morgan fingerprint density at radius 3 is 2.60 bits per heavy atom. The van der Waals surface area contributed by atoms with Crippen LogP contribution in [0.4, 0.5) is 11.6 Å². The van der Waals surface area contributed by atoms with Gasteiger partial charge >= 0.3 is 0 Å². The average molecular weight is 277 g/mol. The van der Waals surface area contributed by atoms with Gasteiger partial charge in [-0.3, -0.25) is 0 Å². The highest BCUT2D eigenvalue weighted by Gasteiger charge is 2.14. The van der Waals surface area contributed by atoms with Crippen LogP contribution >= 0.6 is 0 Å². The van der Waals surface area contributed by atoms with Crippen molar-refractivity contribution in [2.75, 3.05) is 36.8 Å². The second-order valence-corrected chi connectivity index (χ2v) is 5.62. The Morgan fingerprint density at radius 2 is 1.90 bits per heavy atom. The molecule has 0 aliphatic carbocycles. The maximum atomic E-state index is 4.47. The molecule has 2 heterocycles. The van der Waals surface area contributed by atoms with Gasteiger partial charge < -0.3 is 15.5 Å². The summed E-state index contributed by atoms with van der Waals surface area (Å²) in [7, 11) is 0. The van der Waals surface area contributed by atoms with Gasteiger partial charge in [-0.25, -0.2) is 9.97 Å². The number of anilines is 2. The van der Waals surface area contributed by atoms with Crippen molar-refractivity contribution in [1.82, 2.24) is 14.9 Å². The molecule has 0 bridgehead atoms. The topological polar surface area (TPSA) is 53.1 Å². The molecule has 1 aromatic rings. The Bertz CT molecular complexity index is 415. The molecular formula is C15H27N5. The summed E-state index contributed by atoms with van der Waals surface area (Å²) < 4.78 is 0. The van der Waals surface area contributed by atoms with Crippen molar-refractivity contribution in [3.63, 3.8) is 0 Å². The van der Waals surface area contributed by atoms with Gasteiger partial charge in [0.1, 0.15) is 17.5 Å². The molecule has 1 saturated heterocycles. The van der Waals surface area contributed by atoms with E-state index in [4.69, 9.17) is 0 Å². The van der Waals surface area contributed by atoms with Gasteiger partial charge in [-0.05, 0) is 46.7 Å². The van der Waals surface area contributed by atoms with Gasteiger partial charge in [0, 0.05) is 25.2 Å². The first kappa shape index (κ1) is 15.0. The van der Waals surface area contributed by atoms with E-state index in [9.17, 15) is 0 Å². The molecule has 2 N–H and O–H groups in total. The summed E-state index contributed by atoms with van der Waals surface area (Å²) in [5.41, 5.74) is 0. The van der Waals surface area contributed by atoms with Crippen LogP contribution in [-0.2, 0) is 0 Å². The maximum Gasteiger partial charge on any atom is 0.132 e. The first-order valence-corrected chi connectivity index (χ1v) is 7.76. The maximum absolute atomic E-state index is 4.47. The molecular weight excluding hydrogens is 250 g/mol. The molecule has 1 unspecified atom stereocenters. The van der Waals surface area contributed by atoms with E-state index in [1.54, 1.807) is 0 Å². The Labute approximate surface area is 122 Å². The van der Waals surface area contributed by atoms with Crippen molar-refractivity contribution >= 4 is 11.6 Å². The number of rotatable bonds is 6. The fraction of sp³-hybridized carbons (Fsp3) is 0.733. The van der Waals surface area contributed by atoms with Crippen LogP contribution in [-0.4, -0.2) is 47.1 Å². The standard InChI is InChI=1S/C15H27N5/c1-4-16-14-10-15(19-13(3)18-14)17-12(2)11-20-8-6-5-7-9-20/h10,12H,4-9,11H2,1-3H3,(H2,16,17,18,19). The summed E-state index contributed by atoms with van der Waals surface area (Å²) in [5.74, 6) is 2.61. The van der Waals surface area contributed by atoms with E-state index >= 15 is 0 Å². The second-order valence-electron chi connectivity index (χ2n) is 5.62. The van der Waals surface area contributed by atoms with E-state index < -0.39 is 0 Å². The third-order valence-corrected chi connectivity index (χ3v) is 3.57. The number of aromatic nitrogens is 2. The number of aryl methyl sites for hydroxylation is 1. The number of likely N-dealkylation sites (tertiary alicyclic amines) is 1. The molecule has 0 saturated carbocycles. The zero-order valence-corrected chi connectivity index (χ0v) is 12.9. The molecule has 1 atom stereocenters. The Hall–Kier alpha value is -1.36. The number of nitrogens with zero attached hydrogens (tertiary/aromatic N) is 3. The molecule has 5 heteroatoms. The molecule has 1 aliphatic heterocycles. The number of nitrogens with one attached hydrogen (secondary N) is 2. The molecule has 5 nitrogen and oxygen atoms in total. The Balaban J connectivity index is 1.90. The highest BCUT2D eigenvalue weighted by atomic mass is 15.2. The smallest absolute Gasteiger partial charge is 0.132 e. The minimum atomic E-state index is 0.400. The van der Waals surface area contributed by atoms with Crippen molar-refractivity contribution in [3.05, 3.63) is 11.9 Å². The van der Waals surface area contributed by atoms with Crippen LogP contribution in [0.1, 0.15) is 38.9 Å². The molecule has 1 aliphatic rings. The van der Waals surface area contributed by atoms with Crippen molar-refractivity contribution in [3.8, 4) is 0 Å². The summed E-state index contributed by atoms with van der Waals surface area (Å²) in [6, 6.07) is 2.39. The molecule has 1 aromatic heterocycles. The zero-order chi connectivity index (χ0) is 14.4. The molecule has 0 amide bonds. The lowest BCUT2D eigenvalue weighted by molar-refractivity contribution is 0.223. The van der Waals surface area contributed by atoms with Crippen LogP contribution in [0, 0.1) is 6.92 Å². The van der Waals surface area contributed by atoms with Crippen LogP contribution in [0.25, 0.3) is 0 Å². The summed E-state index contributed by atoms with van der Waals surface area (Å²) in [6.45, 7) is 10.7. The van der Waals surface area contributed by atoms with Crippen molar-refractivity contribution in [1.29, 1.82) is 0 Å². The van der Waals surface area contributed by atoms with Crippen molar-refractivity contribution in [2.24, 2.45) is 0 Å². The Kier molecular flexibility index (Phi) is 5.59. The van der Waals surface area contributed by atoms with Gasteiger partial charge in [0.2, 0.25) is 0 Å². The van der Waals surface area contributed by atoms with Crippen LogP contribution in [0.2, 0.25) is 0 Å². The summed E-state index contributed by atoms with van der Waals surface area (Å²) in [6.07, 6.45) is 4.06. The lowest BCUT2D eigenvalue weighted by Crippen LogP contribution is -2.38. The van der Waals surface area contributed by atoms with E-state index in [-0.39, 0.29) is 0 Å². The average Bonchev–Trinajstić information content (AvgIpc) is 2.39. The molecule has 0 radical (unpaired) electrons. The summed E-state index contributed by atoms with van der Waals surface area (Å²) in [5, 5.41) is 6.74. The summed E-state index contributed by atoms with van der Waals surface area (Å²) in [4.78, 5) is 11.4. The van der Waals surface area contributed by atoms with E-state index in [1.807, 2.05) is 13.0 Å². The third kappa shape index (κ3) is 4.63. The molecule has 1 fully saturated rings. The zero-order valence-electron chi connectivity index (χ0n) is 12.9. The van der Waals surface area contributed by atoms with Gasteiger partial charge in [0.15, 0.2) is 0 Å². The highest BCUT2D eigenvalue weighted by Crippen LogP contribution is 2.14. The molecule has 112 valence electrons. The first-order valence-electron chi connectivity index (χ1n) is 7.76. The normalized spacial score (nSPS) is 17.8. The quantitative estimate of drug-likeness (QED) is 0.837. The van der Waals surface area contributed by atoms with E-state index in [1.165, 1.54) is 32.4 Å². The molecule has 20 heavy (non-hydrogen) atoms. The fourth-order valence-electron chi connectivity index (χ4n) is 2.74. The monoisotopic (exact) mass is 277 g/mol. The van der Waals surface area contributed by atoms with Crippen LogP contribution in [0.15, 0.2) is 6.07 Å². The predicted octanol–water partition coefficient (Wildman–Crippen LogP) is 2.50. The predicted molar refractivity (Wildman–Crippen MR) is 84.3 cm³/mol. The van der Waals surface area contributed by atoms with Gasteiger partial charge in [-0.15, -0.1) is 0 Å². The van der Waals surface area contributed by atoms with E-state index in [0.29, 0.717) is 6.04 Å². The van der Waals surface area contributed by atoms with E-state index in [0.717, 1.165) is 30.5 Å². The van der Waals surface area contributed by atoms with Gasteiger partial charge in [0.25, 0.3) is 0 Å². The van der Waals surface area contributed by atoms with Crippen LogP contribution in [0.3, 0.4) is 0 Å². The lowest BCUT2D eigenvalue weighted by atomic mass is 10.1. The SMILES string of the molecule is CCNc1cc(NC(C)CN2CCCCC2)nc(C)n1. The third-order valence-electron chi connectivity index (χ3n) is 3.57. The van der Waals surface area contributed by atoms with Gasteiger partial charge in [-0.1, -0.05) is 6.42 Å². The molecule has 0 aromatic carbocycles. The van der Waals surface area contributed by atoms with Gasteiger partial charge in [0.05, 0.1) is 0 Å². The summed E-state index contributed by atoms with van der Waals surface area (Å²) >= 11 is 0. The number of piperidine rings is 1. The lowest BCUT2D eigenvalue weighted by Gasteiger charge is -2.29. The van der Waals surface area contributed by atoms with Crippen molar-refractivity contribution < 1.29 is 0 Å². The largest absolute Gasteiger partial charge is 0.370 e. The second kappa shape index (κ2) is 7.43. The molecule has 2 rings (SSSR count). The fourth-order valence-corrected chi connectivity index (χ4v) is 2.74. The van der Waals surface area contributed by atoms with Crippen LogP contribution in [0.5, 0.6) is 0 Å². The number of hydrogen-bond donors (Lipinski definition) is 2. The Morgan fingerprint density at radius 1 is 1.20 bits per heavy atom. The highest BCUT2D eigenvalue weighted by molar-refractivity contribution is 5.47. The molecule has 0 spiro atoms. The minimum Gasteiger partial charge on any atom is -0.370 e. The number of hydrogen-bond acceptors (Lipinski definition) is 5. The first-order chi connectivity index (χ1) is 9.67. The van der Waals surface area contributed by atoms with Crippen LogP contribution < -0.4 is 10.6 Å².